The number of aliphatic carboxylic acids is 1. The van der Waals surface area contributed by atoms with Gasteiger partial charge in [0, 0.05) is 18.1 Å². The third kappa shape index (κ3) is 3.52. The van der Waals surface area contributed by atoms with Gasteiger partial charge in [-0.3, -0.25) is 4.79 Å². The number of carbonyl (C=O) groups is 1. The van der Waals surface area contributed by atoms with Gasteiger partial charge in [0.05, 0.1) is 11.1 Å². The number of hydrogen-bond acceptors (Lipinski definition) is 4. The molecule has 1 aliphatic rings. The highest BCUT2D eigenvalue weighted by Gasteiger charge is 2.19. The smallest absolute Gasteiger partial charge is 0.303 e. The number of rotatable bonds is 5. The lowest BCUT2D eigenvalue weighted by Gasteiger charge is -2.21. The monoisotopic (exact) mass is 286 g/mol. The van der Waals surface area contributed by atoms with Gasteiger partial charge >= 0.3 is 5.97 Å². The van der Waals surface area contributed by atoms with Crippen LogP contribution in [0.2, 0.25) is 5.02 Å². The lowest BCUT2D eigenvalue weighted by Crippen LogP contribution is -2.16. The molecule has 0 aliphatic carbocycles. The Kier molecular flexibility index (Phi) is 4.50. The fourth-order valence-electron chi connectivity index (χ4n) is 1.94. The quantitative estimate of drug-likeness (QED) is 0.869. The molecule has 2 rings (SSSR count). The first-order chi connectivity index (χ1) is 9.08. The van der Waals surface area contributed by atoms with Crippen LogP contribution in [0.1, 0.15) is 30.9 Å². The predicted molar refractivity (Wildman–Crippen MR) is 68.9 cm³/mol. The molecule has 1 atom stereocenters. The van der Waals surface area contributed by atoms with Crippen molar-refractivity contribution in [1.29, 1.82) is 0 Å². The molecule has 1 unspecified atom stereocenters. The van der Waals surface area contributed by atoms with Gasteiger partial charge in [-0.2, -0.15) is 0 Å². The first kappa shape index (κ1) is 14.0. The van der Waals surface area contributed by atoms with Crippen molar-refractivity contribution in [2.24, 2.45) is 0 Å². The molecule has 0 bridgehead atoms. The Balaban J connectivity index is 2.08. The zero-order valence-electron chi connectivity index (χ0n) is 10.3. The van der Waals surface area contributed by atoms with Crippen molar-refractivity contribution in [2.75, 3.05) is 13.2 Å². The van der Waals surface area contributed by atoms with Gasteiger partial charge in [-0.1, -0.05) is 11.6 Å². The predicted octanol–water partition coefficient (Wildman–Crippen LogP) is 2.40. The highest BCUT2D eigenvalue weighted by atomic mass is 35.5. The molecule has 6 heteroatoms. The van der Waals surface area contributed by atoms with Gasteiger partial charge in [0.1, 0.15) is 13.2 Å². The van der Waals surface area contributed by atoms with Crippen LogP contribution in [0.4, 0.5) is 0 Å². The van der Waals surface area contributed by atoms with Crippen LogP contribution in [-0.4, -0.2) is 29.4 Å². The van der Waals surface area contributed by atoms with E-state index in [0.717, 1.165) is 0 Å². The molecule has 2 N–H and O–H groups in total. The summed E-state index contributed by atoms with van der Waals surface area (Å²) in [5.74, 6) is 0.251. The van der Waals surface area contributed by atoms with Gasteiger partial charge < -0.3 is 19.7 Å². The highest BCUT2D eigenvalue weighted by Crippen LogP contribution is 2.38. The zero-order chi connectivity index (χ0) is 13.8. The summed E-state index contributed by atoms with van der Waals surface area (Å²) in [5, 5.41) is 19.0. The normalized spacial score (nSPS) is 15.1. The Morgan fingerprint density at radius 2 is 1.95 bits per heavy atom. The molecular formula is C13H15ClO5. The number of ether oxygens (including phenoxy) is 2. The van der Waals surface area contributed by atoms with E-state index in [2.05, 4.69) is 0 Å². The van der Waals surface area contributed by atoms with Crippen molar-refractivity contribution in [3.63, 3.8) is 0 Å². The molecule has 1 aromatic rings. The topological polar surface area (TPSA) is 76.0 Å². The molecule has 0 saturated heterocycles. The summed E-state index contributed by atoms with van der Waals surface area (Å²) >= 11 is 6.09. The standard InChI is InChI=1S/C13H15ClO5/c14-9-7-12-11(18-4-5-19-12)6-8(9)10(15)2-1-3-13(16)17/h6-7,10,15H,1-5H2,(H,16,17). The summed E-state index contributed by atoms with van der Waals surface area (Å²) in [4.78, 5) is 10.4. The van der Waals surface area contributed by atoms with Crippen molar-refractivity contribution >= 4 is 17.6 Å². The summed E-state index contributed by atoms with van der Waals surface area (Å²) in [6.07, 6.45) is -0.0470. The molecule has 0 radical (unpaired) electrons. The van der Waals surface area contributed by atoms with Crippen molar-refractivity contribution in [2.45, 2.75) is 25.4 Å². The van der Waals surface area contributed by atoms with Crippen molar-refractivity contribution in [3.8, 4) is 11.5 Å². The van der Waals surface area contributed by atoms with Crippen LogP contribution in [0.15, 0.2) is 12.1 Å². The highest BCUT2D eigenvalue weighted by molar-refractivity contribution is 6.31. The third-order valence-electron chi connectivity index (χ3n) is 2.89. The maximum absolute atomic E-state index is 10.4. The average Bonchev–Trinajstić information content (AvgIpc) is 2.37. The number of aliphatic hydroxyl groups is 1. The molecule has 104 valence electrons. The van der Waals surface area contributed by atoms with Crippen LogP contribution in [-0.2, 0) is 4.79 Å². The minimum Gasteiger partial charge on any atom is -0.486 e. The van der Waals surface area contributed by atoms with E-state index < -0.39 is 12.1 Å². The summed E-state index contributed by atoms with van der Waals surface area (Å²) in [6, 6.07) is 3.27. The second-order valence-corrected chi connectivity index (χ2v) is 4.73. The van der Waals surface area contributed by atoms with Gasteiger partial charge in [0.15, 0.2) is 11.5 Å². The average molecular weight is 287 g/mol. The second kappa shape index (κ2) is 6.12. The van der Waals surface area contributed by atoms with Crippen LogP contribution in [0.5, 0.6) is 11.5 Å². The minimum atomic E-state index is -0.875. The Morgan fingerprint density at radius 1 is 1.32 bits per heavy atom. The molecule has 0 fully saturated rings. The van der Waals surface area contributed by atoms with Crippen LogP contribution in [0.25, 0.3) is 0 Å². The molecule has 1 aromatic carbocycles. The molecule has 0 aromatic heterocycles. The third-order valence-corrected chi connectivity index (χ3v) is 3.22. The number of carboxylic acid groups (broad SMARTS) is 1. The summed E-state index contributed by atoms with van der Waals surface area (Å²) in [7, 11) is 0. The molecule has 5 nitrogen and oxygen atoms in total. The fourth-order valence-corrected chi connectivity index (χ4v) is 2.22. The van der Waals surface area contributed by atoms with Crippen LogP contribution in [0.3, 0.4) is 0 Å². The minimum absolute atomic E-state index is 0.0270. The largest absolute Gasteiger partial charge is 0.486 e. The number of carboxylic acids is 1. The molecule has 0 saturated carbocycles. The number of hydrogen-bond donors (Lipinski definition) is 2. The van der Waals surface area contributed by atoms with Gasteiger partial charge in [-0.15, -0.1) is 0 Å². The van der Waals surface area contributed by atoms with Crippen LogP contribution >= 0.6 is 11.6 Å². The van der Waals surface area contributed by atoms with E-state index in [1.165, 1.54) is 0 Å². The van der Waals surface area contributed by atoms with Crippen molar-refractivity contribution in [3.05, 3.63) is 22.7 Å². The number of aliphatic hydroxyl groups excluding tert-OH is 1. The summed E-state index contributed by atoms with van der Waals surface area (Å²) < 4.78 is 10.8. The molecule has 1 aliphatic heterocycles. The number of halogens is 1. The van der Waals surface area contributed by atoms with E-state index in [1.54, 1.807) is 12.1 Å². The van der Waals surface area contributed by atoms with E-state index in [4.69, 9.17) is 26.2 Å². The van der Waals surface area contributed by atoms with Gasteiger partial charge in [0.2, 0.25) is 0 Å². The fraction of sp³-hybridized carbons (Fsp3) is 0.462. The molecule has 1 heterocycles. The first-order valence-electron chi connectivity index (χ1n) is 6.07. The Morgan fingerprint density at radius 3 is 2.58 bits per heavy atom. The van der Waals surface area contributed by atoms with E-state index in [9.17, 15) is 9.90 Å². The SMILES string of the molecule is O=C(O)CCCC(O)c1cc2c(cc1Cl)OCCO2. The second-order valence-electron chi connectivity index (χ2n) is 4.32. The van der Waals surface area contributed by atoms with Crippen LogP contribution in [0, 0.1) is 0 Å². The van der Waals surface area contributed by atoms with E-state index >= 15 is 0 Å². The maximum atomic E-state index is 10.4. The van der Waals surface area contributed by atoms with Gasteiger partial charge in [-0.05, 0) is 18.9 Å². The van der Waals surface area contributed by atoms with Gasteiger partial charge in [-0.25, -0.2) is 0 Å². The number of fused-ring (bicyclic) bond motifs is 1. The lowest BCUT2D eigenvalue weighted by atomic mass is 10.0. The maximum Gasteiger partial charge on any atom is 0.303 e. The van der Waals surface area contributed by atoms with E-state index in [0.29, 0.717) is 48.1 Å². The molecule has 0 amide bonds. The molecular weight excluding hydrogens is 272 g/mol. The van der Waals surface area contributed by atoms with Crippen molar-refractivity contribution in [1.82, 2.24) is 0 Å². The summed E-state index contributed by atoms with van der Waals surface area (Å²) in [5.41, 5.74) is 0.538. The zero-order valence-corrected chi connectivity index (χ0v) is 11.0. The van der Waals surface area contributed by atoms with E-state index in [1.807, 2.05) is 0 Å². The van der Waals surface area contributed by atoms with Crippen molar-refractivity contribution < 1.29 is 24.5 Å². The Labute approximate surface area is 115 Å². The number of benzene rings is 1. The van der Waals surface area contributed by atoms with Gasteiger partial charge in [0.25, 0.3) is 0 Å². The lowest BCUT2D eigenvalue weighted by molar-refractivity contribution is -0.137. The Hall–Kier alpha value is -1.46. The van der Waals surface area contributed by atoms with E-state index in [-0.39, 0.29) is 6.42 Å². The Bertz CT molecular complexity index is 474. The molecule has 19 heavy (non-hydrogen) atoms. The van der Waals surface area contributed by atoms with Crippen LogP contribution < -0.4 is 9.47 Å². The summed E-state index contributed by atoms with van der Waals surface area (Å²) in [6.45, 7) is 0.938. The molecule has 0 spiro atoms. The first-order valence-corrected chi connectivity index (χ1v) is 6.44.